The van der Waals surface area contributed by atoms with Crippen molar-refractivity contribution in [1.82, 2.24) is 4.90 Å². The van der Waals surface area contributed by atoms with E-state index in [1.165, 1.54) is 16.8 Å². The van der Waals surface area contributed by atoms with Crippen LogP contribution < -0.4 is 4.90 Å². The van der Waals surface area contributed by atoms with E-state index >= 15 is 0 Å². The Bertz CT molecular complexity index is 652. The van der Waals surface area contributed by atoms with Crippen molar-refractivity contribution in [3.8, 4) is 0 Å². The van der Waals surface area contributed by atoms with Crippen molar-refractivity contribution >= 4 is 11.4 Å². The number of halogens is 1. The zero-order valence-electron chi connectivity index (χ0n) is 13.3. The van der Waals surface area contributed by atoms with Gasteiger partial charge >= 0.3 is 0 Å². The van der Waals surface area contributed by atoms with Gasteiger partial charge in [0.15, 0.2) is 0 Å². The second kappa shape index (κ2) is 6.49. The summed E-state index contributed by atoms with van der Waals surface area (Å²) in [7, 11) is 4.17. The van der Waals surface area contributed by atoms with Crippen LogP contribution in [0.3, 0.4) is 0 Å². The predicted molar refractivity (Wildman–Crippen MR) is 90.4 cm³/mol. The molecule has 0 saturated heterocycles. The van der Waals surface area contributed by atoms with E-state index in [0.717, 1.165) is 38.0 Å². The molecule has 0 fully saturated rings. The molecule has 1 aliphatic heterocycles. The third-order valence-electron chi connectivity index (χ3n) is 4.27. The fraction of sp³-hybridized carbons (Fsp3) is 0.368. The minimum Gasteiger partial charge on any atom is -0.341 e. The van der Waals surface area contributed by atoms with Crippen LogP contribution >= 0.6 is 0 Å². The van der Waals surface area contributed by atoms with Crippen molar-refractivity contribution in [1.29, 1.82) is 0 Å². The van der Waals surface area contributed by atoms with E-state index in [4.69, 9.17) is 0 Å². The second-order valence-corrected chi connectivity index (χ2v) is 6.21. The highest BCUT2D eigenvalue weighted by atomic mass is 19.1. The number of nitrogens with zero attached hydrogens (tertiary/aromatic N) is 2. The van der Waals surface area contributed by atoms with Gasteiger partial charge in [-0.25, -0.2) is 4.39 Å². The monoisotopic (exact) mass is 298 g/mol. The van der Waals surface area contributed by atoms with Crippen molar-refractivity contribution in [2.45, 2.75) is 19.3 Å². The fourth-order valence-electron chi connectivity index (χ4n) is 3.17. The van der Waals surface area contributed by atoms with Crippen LogP contribution in [-0.2, 0) is 12.8 Å². The summed E-state index contributed by atoms with van der Waals surface area (Å²) in [5.41, 5.74) is 4.85. The Morgan fingerprint density at radius 3 is 2.50 bits per heavy atom. The number of benzene rings is 2. The average Bonchev–Trinajstić information content (AvgIpc) is 2.65. The summed E-state index contributed by atoms with van der Waals surface area (Å²) in [6, 6.07) is 13.7. The van der Waals surface area contributed by atoms with E-state index in [1.807, 2.05) is 6.07 Å². The molecule has 0 amide bonds. The molecule has 1 heterocycles. The molecule has 2 aromatic rings. The SMILES string of the molecule is CN(C)CCCN1c2ccccc2CCc2ccc(F)cc21. The van der Waals surface area contributed by atoms with Crippen molar-refractivity contribution < 1.29 is 4.39 Å². The largest absolute Gasteiger partial charge is 0.341 e. The highest BCUT2D eigenvalue weighted by molar-refractivity contribution is 5.71. The van der Waals surface area contributed by atoms with Gasteiger partial charge in [0, 0.05) is 17.9 Å². The molecular formula is C19H23FN2. The van der Waals surface area contributed by atoms with Gasteiger partial charge in [0.2, 0.25) is 0 Å². The van der Waals surface area contributed by atoms with Gasteiger partial charge in [-0.05, 0) is 69.2 Å². The van der Waals surface area contributed by atoms with Gasteiger partial charge in [0.1, 0.15) is 5.82 Å². The van der Waals surface area contributed by atoms with Gasteiger partial charge in [0.25, 0.3) is 0 Å². The minimum atomic E-state index is -0.157. The molecule has 0 bridgehead atoms. The predicted octanol–water partition coefficient (Wildman–Crippen LogP) is 4.01. The Kier molecular flexibility index (Phi) is 4.44. The molecule has 3 rings (SSSR count). The number of rotatable bonds is 4. The molecule has 0 atom stereocenters. The van der Waals surface area contributed by atoms with E-state index in [0.29, 0.717) is 0 Å². The lowest BCUT2D eigenvalue weighted by Gasteiger charge is -2.27. The number of anilines is 2. The van der Waals surface area contributed by atoms with Crippen LogP contribution in [0.5, 0.6) is 0 Å². The Balaban J connectivity index is 1.98. The maximum Gasteiger partial charge on any atom is 0.125 e. The summed E-state index contributed by atoms with van der Waals surface area (Å²) >= 11 is 0. The van der Waals surface area contributed by atoms with E-state index in [-0.39, 0.29) is 5.82 Å². The molecule has 0 aromatic heterocycles. The van der Waals surface area contributed by atoms with Crippen molar-refractivity contribution in [2.24, 2.45) is 0 Å². The van der Waals surface area contributed by atoms with Crippen molar-refractivity contribution in [3.05, 3.63) is 59.4 Å². The maximum absolute atomic E-state index is 13.8. The van der Waals surface area contributed by atoms with Gasteiger partial charge in [0.05, 0.1) is 0 Å². The van der Waals surface area contributed by atoms with E-state index in [2.05, 4.69) is 48.2 Å². The average molecular weight is 298 g/mol. The molecule has 0 aliphatic carbocycles. The Hall–Kier alpha value is -1.87. The number of fused-ring (bicyclic) bond motifs is 2. The topological polar surface area (TPSA) is 6.48 Å². The normalized spacial score (nSPS) is 13.7. The summed E-state index contributed by atoms with van der Waals surface area (Å²) in [6.07, 6.45) is 3.03. The van der Waals surface area contributed by atoms with Crippen LogP contribution in [0.1, 0.15) is 17.5 Å². The molecule has 0 spiro atoms. The van der Waals surface area contributed by atoms with Crippen LogP contribution in [-0.4, -0.2) is 32.1 Å². The van der Waals surface area contributed by atoms with E-state index in [9.17, 15) is 4.39 Å². The molecule has 0 unspecified atom stereocenters. The minimum absolute atomic E-state index is 0.157. The fourth-order valence-corrected chi connectivity index (χ4v) is 3.17. The number of para-hydroxylation sites is 1. The van der Waals surface area contributed by atoms with Gasteiger partial charge in [-0.2, -0.15) is 0 Å². The van der Waals surface area contributed by atoms with Crippen molar-refractivity contribution in [2.75, 3.05) is 32.1 Å². The molecule has 0 saturated carbocycles. The first kappa shape index (κ1) is 15.0. The lowest BCUT2D eigenvalue weighted by atomic mass is 10.0. The Morgan fingerprint density at radius 2 is 1.73 bits per heavy atom. The van der Waals surface area contributed by atoms with Crippen LogP contribution in [0.4, 0.5) is 15.8 Å². The summed E-state index contributed by atoms with van der Waals surface area (Å²) in [4.78, 5) is 4.49. The summed E-state index contributed by atoms with van der Waals surface area (Å²) < 4.78 is 13.8. The van der Waals surface area contributed by atoms with Crippen LogP contribution in [0, 0.1) is 5.82 Å². The van der Waals surface area contributed by atoms with E-state index in [1.54, 1.807) is 12.1 Å². The highest BCUT2D eigenvalue weighted by Crippen LogP contribution is 2.36. The molecule has 116 valence electrons. The first-order chi connectivity index (χ1) is 10.6. The van der Waals surface area contributed by atoms with Gasteiger partial charge in [-0.15, -0.1) is 0 Å². The second-order valence-electron chi connectivity index (χ2n) is 6.21. The van der Waals surface area contributed by atoms with Gasteiger partial charge in [-0.3, -0.25) is 0 Å². The van der Waals surface area contributed by atoms with Gasteiger partial charge in [-0.1, -0.05) is 24.3 Å². The quantitative estimate of drug-likeness (QED) is 0.841. The van der Waals surface area contributed by atoms with Crippen LogP contribution in [0.2, 0.25) is 0 Å². The van der Waals surface area contributed by atoms with Crippen LogP contribution in [0.15, 0.2) is 42.5 Å². The van der Waals surface area contributed by atoms with Gasteiger partial charge < -0.3 is 9.80 Å². The first-order valence-corrected chi connectivity index (χ1v) is 7.94. The maximum atomic E-state index is 13.8. The highest BCUT2D eigenvalue weighted by Gasteiger charge is 2.20. The third-order valence-corrected chi connectivity index (χ3v) is 4.27. The molecular weight excluding hydrogens is 275 g/mol. The molecule has 1 aliphatic rings. The molecule has 22 heavy (non-hydrogen) atoms. The molecule has 0 radical (unpaired) electrons. The number of aryl methyl sites for hydroxylation is 2. The smallest absolute Gasteiger partial charge is 0.125 e. The van der Waals surface area contributed by atoms with E-state index < -0.39 is 0 Å². The Morgan fingerprint density at radius 1 is 1.00 bits per heavy atom. The summed E-state index contributed by atoms with van der Waals surface area (Å²) in [5.74, 6) is -0.157. The lowest BCUT2D eigenvalue weighted by Crippen LogP contribution is -2.24. The summed E-state index contributed by atoms with van der Waals surface area (Å²) in [5, 5.41) is 0. The number of hydrogen-bond acceptors (Lipinski definition) is 2. The molecule has 2 nitrogen and oxygen atoms in total. The van der Waals surface area contributed by atoms with Crippen LogP contribution in [0.25, 0.3) is 0 Å². The third kappa shape index (κ3) is 3.14. The zero-order valence-corrected chi connectivity index (χ0v) is 13.3. The zero-order chi connectivity index (χ0) is 15.5. The van der Waals surface area contributed by atoms with Crippen molar-refractivity contribution in [3.63, 3.8) is 0 Å². The first-order valence-electron chi connectivity index (χ1n) is 7.94. The molecule has 2 aromatic carbocycles. The molecule has 0 N–H and O–H groups in total. The standard InChI is InChI=1S/C19H23FN2/c1-21(2)12-5-13-22-18-7-4-3-6-15(18)8-9-16-10-11-17(20)14-19(16)22/h3-4,6-7,10-11,14H,5,8-9,12-13H2,1-2H3. The Labute approximate surface area is 132 Å². The molecule has 3 heteroatoms. The summed E-state index contributed by atoms with van der Waals surface area (Å²) in [6.45, 7) is 1.94. The lowest BCUT2D eigenvalue weighted by molar-refractivity contribution is 0.402. The number of hydrogen-bond donors (Lipinski definition) is 0.